The molecule has 0 unspecified atom stereocenters. The van der Waals surface area contributed by atoms with Gasteiger partial charge in [-0.3, -0.25) is 4.79 Å². The first-order chi connectivity index (χ1) is 14.1. The molecule has 1 aliphatic rings. The molecule has 0 saturated heterocycles. The fourth-order valence-electron chi connectivity index (χ4n) is 3.37. The molecule has 0 radical (unpaired) electrons. The molecule has 0 spiro atoms. The first-order valence-corrected chi connectivity index (χ1v) is 9.79. The van der Waals surface area contributed by atoms with Crippen molar-refractivity contribution < 1.29 is 14.3 Å². The second kappa shape index (κ2) is 7.99. The second-order valence-corrected chi connectivity index (χ2v) is 7.37. The molecular weight excluding hydrogens is 366 g/mol. The summed E-state index contributed by atoms with van der Waals surface area (Å²) in [6, 6.07) is 15.5. The van der Waals surface area contributed by atoms with Gasteiger partial charge in [-0.1, -0.05) is 24.3 Å². The number of amides is 1. The molecule has 6 heteroatoms. The Balaban J connectivity index is 1.53. The number of carbonyl (C=O) groups is 1. The summed E-state index contributed by atoms with van der Waals surface area (Å²) >= 11 is 0. The molecular formula is C23H25N3O3. The van der Waals surface area contributed by atoms with Crippen LogP contribution in [-0.2, 0) is 4.79 Å². The highest BCUT2D eigenvalue weighted by atomic mass is 16.5. The summed E-state index contributed by atoms with van der Waals surface area (Å²) in [5, 5.41) is 7.79. The topological polar surface area (TPSA) is 65.4 Å². The van der Waals surface area contributed by atoms with Crippen LogP contribution in [0.1, 0.15) is 35.6 Å². The summed E-state index contributed by atoms with van der Waals surface area (Å²) in [6.45, 7) is 3.88. The van der Waals surface area contributed by atoms with Gasteiger partial charge in [-0.25, -0.2) is 4.68 Å². The van der Waals surface area contributed by atoms with Gasteiger partial charge in [0.15, 0.2) is 18.1 Å². The highest BCUT2D eigenvalue weighted by molar-refractivity contribution is 5.92. The first kappa shape index (κ1) is 19.1. The van der Waals surface area contributed by atoms with Crippen LogP contribution in [0.25, 0.3) is 5.69 Å². The maximum absolute atomic E-state index is 12.7. The number of carbonyl (C=O) groups excluding carboxylic acids is 1. The van der Waals surface area contributed by atoms with Gasteiger partial charge in [0.25, 0.3) is 5.91 Å². The fraction of sp³-hybridized carbons (Fsp3) is 0.304. The summed E-state index contributed by atoms with van der Waals surface area (Å²) in [6.07, 6.45) is 2.30. The zero-order valence-electron chi connectivity index (χ0n) is 16.9. The van der Waals surface area contributed by atoms with E-state index in [9.17, 15) is 4.79 Å². The Labute approximate surface area is 170 Å². The molecule has 150 valence electrons. The Morgan fingerprint density at radius 1 is 1.14 bits per heavy atom. The van der Waals surface area contributed by atoms with Gasteiger partial charge in [0.05, 0.1) is 18.5 Å². The van der Waals surface area contributed by atoms with Gasteiger partial charge in [-0.2, -0.15) is 5.10 Å². The standard InChI is InChI=1S/C23H25N3O3/c1-15-9-12-19(20(13-15)28-3)29-14-21(27)24-23-16(2)22(17-10-11-17)25-26(23)18-7-5-4-6-8-18/h4-9,12-13,17H,10-11,14H2,1-3H3,(H,24,27). The van der Waals surface area contributed by atoms with Gasteiger partial charge in [0.2, 0.25) is 0 Å². The lowest BCUT2D eigenvalue weighted by atomic mass is 10.2. The third-order valence-electron chi connectivity index (χ3n) is 5.06. The van der Waals surface area contributed by atoms with Crippen molar-refractivity contribution >= 4 is 11.7 Å². The molecule has 6 nitrogen and oxygen atoms in total. The molecule has 1 aromatic heterocycles. The molecule has 0 bridgehead atoms. The van der Waals surface area contributed by atoms with E-state index in [-0.39, 0.29) is 12.5 Å². The summed E-state index contributed by atoms with van der Waals surface area (Å²) < 4.78 is 12.9. The minimum Gasteiger partial charge on any atom is -0.493 e. The summed E-state index contributed by atoms with van der Waals surface area (Å²) in [7, 11) is 1.59. The molecule has 0 atom stereocenters. The Morgan fingerprint density at radius 3 is 2.59 bits per heavy atom. The van der Waals surface area contributed by atoms with Gasteiger partial charge in [-0.15, -0.1) is 0 Å². The van der Waals surface area contributed by atoms with Crippen LogP contribution in [0.3, 0.4) is 0 Å². The molecule has 4 rings (SSSR count). The number of rotatable bonds is 7. The first-order valence-electron chi connectivity index (χ1n) is 9.79. The van der Waals surface area contributed by atoms with Crippen LogP contribution in [0.4, 0.5) is 5.82 Å². The quantitative estimate of drug-likeness (QED) is 0.649. The summed E-state index contributed by atoms with van der Waals surface area (Å²) in [5.41, 5.74) is 4.05. The molecule has 1 saturated carbocycles. The zero-order chi connectivity index (χ0) is 20.4. The molecule has 1 amide bonds. The Kier molecular flexibility index (Phi) is 5.25. The van der Waals surface area contributed by atoms with Crippen molar-refractivity contribution in [3.05, 3.63) is 65.4 Å². The maximum Gasteiger partial charge on any atom is 0.263 e. The largest absolute Gasteiger partial charge is 0.493 e. The lowest BCUT2D eigenvalue weighted by Crippen LogP contribution is -2.22. The molecule has 1 fully saturated rings. The van der Waals surface area contributed by atoms with Crippen LogP contribution < -0.4 is 14.8 Å². The van der Waals surface area contributed by atoms with Crippen molar-refractivity contribution in [3.63, 3.8) is 0 Å². The number of benzene rings is 2. The van der Waals surface area contributed by atoms with E-state index in [1.165, 1.54) is 0 Å². The highest BCUT2D eigenvalue weighted by Crippen LogP contribution is 2.43. The minimum atomic E-state index is -0.241. The Bertz CT molecular complexity index is 1020. The Hall–Kier alpha value is -3.28. The predicted molar refractivity (Wildman–Crippen MR) is 112 cm³/mol. The number of aryl methyl sites for hydroxylation is 1. The van der Waals surface area contributed by atoms with Crippen molar-refractivity contribution in [1.29, 1.82) is 0 Å². The number of methoxy groups -OCH3 is 1. The molecule has 2 aromatic carbocycles. The van der Waals surface area contributed by atoms with Crippen molar-refractivity contribution in [2.75, 3.05) is 19.0 Å². The second-order valence-electron chi connectivity index (χ2n) is 7.37. The monoisotopic (exact) mass is 391 g/mol. The number of anilines is 1. The van der Waals surface area contributed by atoms with E-state index in [0.29, 0.717) is 23.2 Å². The van der Waals surface area contributed by atoms with Crippen molar-refractivity contribution in [2.45, 2.75) is 32.6 Å². The normalized spacial score (nSPS) is 13.2. The van der Waals surface area contributed by atoms with Crippen molar-refractivity contribution in [3.8, 4) is 17.2 Å². The van der Waals surface area contributed by atoms with Crippen LogP contribution in [0.15, 0.2) is 48.5 Å². The van der Waals surface area contributed by atoms with E-state index >= 15 is 0 Å². The summed E-state index contributed by atoms with van der Waals surface area (Å²) in [5.74, 6) is 2.10. The van der Waals surface area contributed by atoms with E-state index in [2.05, 4.69) is 5.32 Å². The van der Waals surface area contributed by atoms with Crippen molar-refractivity contribution in [2.24, 2.45) is 0 Å². The van der Waals surface area contributed by atoms with Gasteiger partial charge < -0.3 is 14.8 Å². The molecule has 1 N–H and O–H groups in total. The predicted octanol–water partition coefficient (Wildman–Crippen LogP) is 4.39. The average Bonchev–Trinajstić information content (AvgIpc) is 3.53. The highest BCUT2D eigenvalue weighted by Gasteiger charge is 2.31. The van der Waals surface area contributed by atoms with E-state index in [1.807, 2.05) is 67.1 Å². The molecule has 29 heavy (non-hydrogen) atoms. The number of ether oxygens (including phenoxy) is 2. The molecule has 0 aliphatic heterocycles. The van der Waals surface area contributed by atoms with Crippen LogP contribution in [0.2, 0.25) is 0 Å². The molecule has 1 aliphatic carbocycles. The number of nitrogens with one attached hydrogen (secondary N) is 1. The lowest BCUT2D eigenvalue weighted by Gasteiger charge is -2.13. The number of hydrogen-bond donors (Lipinski definition) is 1. The third kappa shape index (κ3) is 4.11. The van der Waals surface area contributed by atoms with Crippen LogP contribution in [0.5, 0.6) is 11.5 Å². The van der Waals surface area contributed by atoms with Gasteiger partial charge in [0.1, 0.15) is 5.82 Å². The van der Waals surface area contributed by atoms with E-state index in [0.717, 1.165) is 35.3 Å². The fourth-order valence-corrected chi connectivity index (χ4v) is 3.37. The smallest absolute Gasteiger partial charge is 0.263 e. The van der Waals surface area contributed by atoms with Crippen molar-refractivity contribution in [1.82, 2.24) is 9.78 Å². The van der Waals surface area contributed by atoms with Gasteiger partial charge in [-0.05, 0) is 56.5 Å². The van der Waals surface area contributed by atoms with Gasteiger partial charge in [0, 0.05) is 11.5 Å². The lowest BCUT2D eigenvalue weighted by molar-refractivity contribution is -0.118. The number of nitrogens with zero attached hydrogens (tertiary/aromatic N) is 2. The number of hydrogen-bond acceptors (Lipinski definition) is 4. The van der Waals surface area contributed by atoms with E-state index in [1.54, 1.807) is 7.11 Å². The summed E-state index contributed by atoms with van der Waals surface area (Å²) in [4.78, 5) is 12.7. The average molecular weight is 391 g/mol. The SMILES string of the molecule is COc1cc(C)ccc1OCC(=O)Nc1c(C)c(C2CC2)nn1-c1ccccc1. The van der Waals surface area contributed by atoms with Gasteiger partial charge >= 0.3 is 0 Å². The molecule has 3 aromatic rings. The number of aromatic nitrogens is 2. The Morgan fingerprint density at radius 2 is 1.90 bits per heavy atom. The van der Waals surface area contributed by atoms with Crippen LogP contribution in [-0.4, -0.2) is 29.4 Å². The van der Waals surface area contributed by atoms with E-state index < -0.39 is 0 Å². The van der Waals surface area contributed by atoms with E-state index in [4.69, 9.17) is 14.6 Å². The minimum absolute atomic E-state index is 0.113. The maximum atomic E-state index is 12.7. The third-order valence-corrected chi connectivity index (χ3v) is 5.06. The molecule has 1 heterocycles. The van der Waals surface area contributed by atoms with Crippen LogP contribution in [0, 0.1) is 13.8 Å². The van der Waals surface area contributed by atoms with Crippen LogP contribution >= 0.6 is 0 Å². The number of para-hydroxylation sites is 1. The zero-order valence-corrected chi connectivity index (χ0v) is 16.9.